The van der Waals surface area contributed by atoms with Crippen LogP contribution in [0.1, 0.15) is 18.4 Å². The minimum Gasteiger partial charge on any atom is -0.368 e. The van der Waals surface area contributed by atoms with Crippen LogP contribution in [-0.2, 0) is 13.0 Å². The van der Waals surface area contributed by atoms with Crippen molar-refractivity contribution < 1.29 is 0 Å². The van der Waals surface area contributed by atoms with Crippen LogP contribution in [0.2, 0.25) is 0 Å². The maximum Gasteiger partial charge on any atom is 0.128 e. The minimum atomic E-state index is 0.891. The van der Waals surface area contributed by atoms with Gasteiger partial charge in [-0.3, -0.25) is 9.88 Å². The first-order valence-electron chi connectivity index (χ1n) is 7.53. The van der Waals surface area contributed by atoms with E-state index in [0.717, 1.165) is 50.7 Å². The second kappa shape index (κ2) is 6.63. The number of pyridine rings is 1. The van der Waals surface area contributed by atoms with Gasteiger partial charge in [-0.1, -0.05) is 6.92 Å². The summed E-state index contributed by atoms with van der Waals surface area (Å²) in [5.74, 6) is 0.932. The molecule has 2 aromatic rings. The lowest BCUT2D eigenvalue weighted by Gasteiger charge is -2.35. The summed E-state index contributed by atoms with van der Waals surface area (Å²) in [7, 11) is 0. The van der Waals surface area contributed by atoms with E-state index in [0.29, 0.717) is 0 Å². The Morgan fingerprint density at radius 2 is 1.95 bits per heavy atom. The van der Waals surface area contributed by atoms with E-state index in [4.69, 9.17) is 0 Å². The molecule has 2 aromatic heterocycles. The van der Waals surface area contributed by atoms with Crippen LogP contribution in [0.25, 0.3) is 0 Å². The van der Waals surface area contributed by atoms with Crippen LogP contribution >= 0.6 is 0 Å². The first-order chi connectivity index (χ1) is 10.3. The van der Waals surface area contributed by atoms with E-state index in [2.05, 4.69) is 37.7 Å². The van der Waals surface area contributed by atoms with Gasteiger partial charge in [0.05, 0.1) is 17.6 Å². The van der Waals surface area contributed by atoms with Crippen molar-refractivity contribution in [2.45, 2.75) is 19.9 Å². The molecular weight excluding hydrogens is 262 g/mol. The Bertz CT molecular complexity index is 564. The molecular formula is C16H21N5. The smallest absolute Gasteiger partial charge is 0.128 e. The molecule has 0 saturated carbocycles. The summed E-state index contributed by atoms with van der Waals surface area (Å²) in [6.07, 6.45) is 6.52. The van der Waals surface area contributed by atoms with Gasteiger partial charge in [-0.25, -0.2) is 9.97 Å². The lowest BCUT2D eigenvalue weighted by Crippen LogP contribution is -2.46. The van der Waals surface area contributed by atoms with Gasteiger partial charge < -0.3 is 4.90 Å². The first-order valence-corrected chi connectivity index (χ1v) is 7.53. The summed E-state index contributed by atoms with van der Waals surface area (Å²) in [6, 6.07) is 6.14. The largest absolute Gasteiger partial charge is 0.368 e. The third-order valence-electron chi connectivity index (χ3n) is 3.85. The second-order valence-electron chi connectivity index (χ2n) is 5.29. The molecule has 21 heavy (non-hydrogen) atoms. The zero-order valence-corrected chi connectivity index (χ0v) is 12.4. The average Bonchev–Trinajstić information content (AvgIpc) is 2.56. The molecule has 1 saturated heterocycles. The van der Waals surface area contributed by atoms with Crippen molar-refractivity contribution in [3.05, 3.63) is 48.3 Å². The van der Waals surface area contributed by atoms with E-state index < -0.39 is 0 Å². The Labute approximate surface area is 125 Å². The Kier molecular flexibility index (Phi) is 4.40. The predicted molar refractivity (Wildman–Crippen MR) is 83.1 cm³/mol. The SMILES string of the molecule is CCc1nccc(CN2CCN(c3cccnc3)CC2)n1. The van der Waals surface area contributed by atoms with E-state index >= 15 is 0 Å². The van der Waals surface area contributed by atoms with Gasteiger partial charge in [0.1, 0.15) is 5.82 Å². The Hall–Kier alpha value is -2.01. The van der Waals surface area contributed by atoms with Crippen molar-refractivity contribution in [3.8, 4) is 0 Å². The minimum absolute atomic E-state index is 0.891. The van der Waals surface area contributed by atoms with E-state index in [1.54, 1.807) is 0 Å². The molecule has 3 rings (SSSR count). The van der Waals surface area contributed by atoms with Crippen molar-refractivity contribution in [3.63, 3.8) is 0 Å². The topological polar surface area (TPSA) is 45.2 Å². The van der Waals surface area contributed by atoms with Crippen molar-refractivity contribution in [1.82, 2.24) is 19.9 Å². The third-order valence-corrected chi connectivity index (χ3v) is 3.85. The van der Waals surface area contributed by atoms with E-state index in [-0.39, 0.29) is 0 Å². The van der Waals surface area contributed by atoms with Crippen LogP contribution in [0.3, 0.4) is 0 Å². The molecule has 0 atom stereocenters. The number of anilines is 1. The molecule has 1 aliphatic rings. The molecule has 0 unspecified atom stereocenters. The molecule has 1 fully saturated rings. The van der Waals surface area contributed by atoms with Gasteiger partial charge in [0.2, 0.25) is 0 Å². The number of rotatable bonds is 4. The Morgan fingerprint density at radius 1 is 1.10 bits per heavy atom. The molecule has 5 nitrogen and oxygen atoms in total. The van der Waals surface area contributed by atoms with Crippen molar-refractivity contribution >= 4 is 5.69 Å². The molecule has 0 aromatic carbocycles. The highest BCUT2D eigenvalue weighted by molar-refractivity contribution is 5.44. The maximum absolute atomic E-state index is 4.59. The van der Waals surface area contributed by atoms with Gasteiger partial charge in [0.15, 0.2) is 0 Å². The fourth-order valence-corrected chi connectivity index (χ4v) is 2.63. The third kappa shape index (κ3) is 3.55. The predicted octanol–water partition coefficient (Wildman–Crippen LogP) is 1.76. The fourth-order valence-electron chi connectivity index (χ4n) is 2.63. The molecule has 5 heteroatoms. The van der Waals surface area contributed by atoms with Crippen LogP contribution in [0.5, 0.6) is 0 Å². The highest BCUT2D eigenvalue weighted by Crippen LogP contribution is 2.15. The van der Waals surface area contributed by atoms with Gasteiger partial charge >= 0.3 is 0 Å². The Balaban J connectivity index is 1.56. The van der Waals surface area contributed by atoms with Crippen LogP contribution in [-0.4, -0.2) is 46.0 Å². The van der Waals surface area contributed by atoms with Gasteiger partial charge in [-0.05, 0) is 18.2 Å². The average molecular weight is 283 g/mol. The normalized spacial score (nSPS) is 16.1. The Morgan fingerprint density at radius 3 is 2.67 bits per heavy atom. The number of piperazine rings is 1. The molecule has 3 heterocycles. The van der Waals surface area contributed by atoms with Crippen molar-refractivity contribution in [2.24, 2.45) is 0 Å². The monoisotopic (exact) mass is 283 g/mol. The van der Waals surface area contributed by atoms with Gasteiger partial charge in [-0.2, -0.15) is 0 Å². The number of nitrogens with zero attached hydrogens (tertiary/aromatic N) is 5. The number of hydrogen-bond acceptors (Lipinski definition) is 5. The zero-order chi connectivity index (χ0) is 14.5. The molecule has 0 bridgehead atoms. The molecule has 0 aliphatic carbocycles. The lowest BCUT2D eigenvalue weighted by atomic mass is 10.2. The summed E-state index contributed by atoms with van der Waals surface area (Å²) >= 11 is 0. The molecule has 0 radical (unpaired) electrons. The second-order valence-corrected chi connectivity index (χ2v) is 5.29. The summed E-state index contributed by atoms with van der Waals surface area (Å²) in [4.78, 5) is 17.9. The van der Waals surface area contributed by atoms with E-state index in [1.165, 1.54) is 5.69 Å². The van der Waals surface area contributed by atoms with Crippen LogP contribution in [0.4, 0.5) is 5.69 Å². The van der Waals surface area contributed by atoms with Crippen molar-refractivity contribution in [2.75, 3.05) is 31.1 Å². The van der Waals surface area contributed by atoms with Crippen LogP contribution < -0.4 is 4.90 Å². The summed E-state index contributed by atoms with van der Waals surface area (Å²) in [5, 5.41) is 0. The zero-order valence-electron chi connectivity index (χ0n) is 12.4. The van der Waals surface area contributed by atoms with Gasteiger partial charge in [0, 0.05) is 51.5 Å². The van der Waals surface area contributed by atoms with E-state index in [9.17, 15) is 0 Å². The van der Waals surface area contributed by atoms with Crippen molar-refractivity contribution in [1.29, 1.82) is 0 Å². The number of hydrogen-bond donors (Lipinski definition) is 0. The molecule has 110 valence electrons. The first kappa shape index (κ1) is 13.9. The fraction of sp³-hybridized carbons (Fsp3) is 0.438. The molecule has 1 aliphatic heterocycles. The van der Waals surface area contributed by atoms with Gasteiger partial charge in [-0.15, -0.1) is 0 Å². The van der Waals surface area contributed by atoms with Gasteiger partial charge in [0.25, 0.3) is 0 Å². The maximum atomic E-state index is 4.59. The highest BCUT2D eigenvalue weighted by atomic mass is 15.3. The number of aromatic nitrogens is 3. The number of aryl methyl sites for hydroxylation is 1. The molecule has 0 amide bonds. The molecule has 0 N–H and O–H groups in total. The highest BCUT2D eigenvalue weighted by Gasteiger charge is 2.17. The standard InChI is InChI=1S/C16H21N5/c1-2-16-18-7-5-14(19-16)13-20-8-10-21(11-9-20)15-4-3-6-17-12-15/h3-7,12H,2,8-11,13H2,1H3. The molecule has 0 spiro atoms. The summed E-state index contributed by atoms with van der Waals surface area (Å²) in [5.41, 5.74) is 2.34. The van der Waals surface area contributed by atoms with E-state index in [1.807, 2.05) is 30.7 Å². The lowest BCUT2D eigenvalue weighted by molar-refractivity contribution is 0.246. The van der Waals surface area contributed by atoms with Crippen LogP contribution in [0, 0.1) is 0 Å². The summed E-state index contributed by atoms with van der Waals surface area (Å²) in [6.45, 7) is 7.19. The summed E-state index contributed by atoms with van der Waals surface area (Å²) < 4.78 is 0. The van der Waals surface area contributed by atoms with Crippen LogP contribution in [0.15, 0.2) is 36.8 Å². The quantitative estimate of drug-likeness (QED) is 0.855.